The monoisotopic (exact) mass is 302 g/mol. The van der Waals surface area contributed by atoms with Crippen molar-refractivity contribution in [2.24, 2.45) is 0 Å². The predicted molar refractivity (Wildman–Crippen MR) is 72.7 cm³/mol. The molecule has 1 aliphatic rings. The summed E-state index contributed by atoms with van der Waals surface area (Å²) < 4.78 is 0.721. The first kappa shape index (κ1) is 12.0. The van der Waals surface area contributed by atoms with Gasteiger partial charge in [0.05, 0.1) is 0 Å². The molecular weight excluding hydrogens is 288 g/mol. The van der Waals surface area contributed by atoms with Gasteiger partial charge in [-0.15, -0.1) is 0 Å². The lowest BCUT2D eigenvalue weighted by molar-refractivity contribution is 0.676. The zero-order chi connectivity index (χ0) is 11.4. The SMILES string of the molecule is Nc1cc(Br)nc(NCC2CCCCS2)n1. The highest BCUT2D eigenvalue weighted by molar-refractivity contribution is 9.10. The first-order valence-corrected chi connectivity index (χ1v) is 7.24. The Labute approximate surface area is 108 Å². The summed E-state index contributed by atoms with van der Waals surface area (Å²) in [6.45, 7) is 0.917. The topological polar surface area (TPSA) is 63.8 Å². The second-order valence-corrected chi connectivity index (χ2v) is 6.03. The van der Waals surface area contributed by atoms with Crippen LogP contribution in [0, 0.1) is 0 Å². The molecule has 0 radical (unpaired) electrons. The smallest absolute Gasteiger partial charge is 0.225 e. The first-order chi connectivity index (χ1) is 7.74. The number of thioether (sulfide) groups is 1. The molecule has 1 aliphatic heterocycles. The average molecular weight is 303 g/mol. The van der Waals surface area contributed by atoms with Crippen LogP contribution in [0.1, 0.15) is 19.3 Å². The molecule has 1 unspecified atom stereocenters. The Balaban J connectivity index is 1.88. The van der Waals surface area contributed by atoms with Crippen LogP contribution in [0.15, 0.2) is 10.7 Å². The molecule has 4 nitrogen and oxygen atoms in total. The van der Waals surface area contributed by atoms with Gasteiger partial charge in [-0.05, 0) is 34.5 Å². The standard InChI is InChI=1S/C10H15BrN4S/c11-8-5-9(12)15-10(14-8)13-6-7-3-1-2-4-16-7/h5,7H,1-4,6H2,(H3,12,13,14,15). The Hall–Kier alpha value is -0.490. The maximum Gasteiger partial charge on any atom is 0.225 e. The van der Waals surface area contributed by atoms with Crippen LogP contribution in [0.3, 0.4) is 0 Å². The van der Waals surface area contributed by atoms with Crippen molar-refractivity contribution in [3.8, 4) is 0 Å². The number of nitrogens with two attached hydrogens (primary N) is 1. The number of nitrogen functional groups attached to an aromatic ring is 1. The van der Waals surface area contributed by atoms with E-state index < -0.39 is 0 Å². The molecular formula is C10H15BrN4S. The Morgan fingerprint density at radius 1 is 1.50 bits per heavy atom. The van der Waals surface area contributed by atoms with Crippen molar-refractivity contribution in [1.82, 2.24) is 9.97 Å². The number of halogens is 1. The van der Waals surface area contributed by atoms with Crippen molar-refractivity contribution in [1.29, 1.82) is 0 Å². The van der Waals surface area contributed by atoms with Crippen LogP contribution < -0.4 is 11.1 Å². The van der Waals surface area contributed by atoms with E-state index in [1.165, 1.54) is 25.0 Å². The minimum Gasteiger partial charge on any atom is -0.383 e. The van der Waals surface area contributed by atoms with E-state index in [2.05, 4.69) is 31.2 Å². The summed E-state index contributed by atoms with van der Waals surface area (Å²) in [6.07, 6.45) is 3.96. The molecule has 2 heterocycles. The molecule has 1 aromatic rings. The van der Waals surface area contributed by atoms with Crippen molar-refractivity contribution >= 4 is 39.5 Å². The number of hydrogen-bond donors (Lipinski definition) is 2. The Kier molecular flexibility index (Phi) is 4.29. The van der Waals surface area contributed by atoms with Crippen LogP contribution in [0.2, 0.25) is 0 Å². The summed E-state index contributed by atoms with van der Waals surface area (Å²) in [7, 11) is 0. The fourth-order valence-electron chi connectivity index (χ4n) is 1.69. The van der Waals surface area contributed by atoms with Gasteiger partial charge in [0.25, 0.3) is 0 Å². The van der Waals surface area contributed by atoms with Crippen LogP contribution in [0.5, 0.6) is 0 Å². The highest BCUT2D eigenvalue weighted by Crippen LogP contribution is 2.25. The molecule has 1 fully saturated rings. The number of aromatic nitrogens is 2. The highest BCUT2D eigenvalue weighted by atomic mass is 79.9. The second-order valence-electron chi connectivity index (χ2n) is 3.81. The van der Waals surface area contributed by atoms with Crippen molar-refractivity contribution in [2.45, 2.75) is 24.5 Å². The molecule has 6 heteroatoms. The molecule has 0 spiro atoms. The molecule has 0 bridgehead atoms. The van der Waals surface area contributed by atoms with Gasteiger partial charge in [-0.3, -0.25) is 0 Å². The highest BCUT2D eigenvalue weighted by Gasteiger charge is 2.13. The minimum absolute atomic E-state index is 0.487. The number of nitrogens with zero attached hydrogens (tertiary/aromatic N) is 2. The van der Waals surface area contributed by atoms with E-state index in [1.807, 2.05) is 11.8 Å². The summed E-state index contributed by atoms with van der Waals surface area (Å²) >= 11 is 5.33. The molecule has 1 aromatic heterocycles. The zero-order valence-corrected chi connectivity index (χ0v) is 11.4. The third-order valence-corrected chi connectivity index (χ3v) is 4.28. The number of anilines is 2. The van der Waals surface area contributed by atoms with E-state index in [9.17, 15) is 0 Å². The van der Waals surface area contributed by atoms with Gasteiger partial charge in [0.2, 0.25) is 5.95 Å². The lowest BCUT2D eigenvalue weighted by Gasteiger charge is -2.21. The molecule has 0 aromatic carbocycles. The van der Waals surface area contributed by atoms with E-state index in [1.54, 1.807) is 6.07 Å². The van der Waals surface area contributed by atoms with Gasteiger partial charge in [0, 0.05) is 17.9 Å². The molecule has 1 atom stereocenters. The molecule has 3 N–H and O–H groups in total. The third-order valence-electron chi connectivity index (χ3n) is 2.48. The molecule has 0 aliphatic carbocycles. The van der Waals surface area contributed by atoms with E-state index in [-0.39, 0.29) is 0 Å². The Morgan fingerprint density at radius 2 is 2.38 bits per heavy atom. The second kappa shape index (κ2) is 5.72. The Morgan fingerprint density at radius 3 is 3.06 bits per heavy atom. The van der Waals surface area contributed by atoms with Gasteiger partial charge in [-0.1, -0.05) is 6.42 Å². The molecule has 0 saturated carbocycles. The van der Waals surface area contributed by atoms with Crippen molar-refractivity contribution in [3.63, 3.8) is 0 Å². The largest absolute Gasteiger partial charge is 0.383 e. The third kappa shape index (κ3) is 3.52. The van der Waals surface area contributed by atoms with E-state index in [4.69, 9.17) is 5.73 Å². The fourth-order valence-corrected chi connectivity index (χ4v) is 3.33. The van der Waals surface area contributed by atoms with Crippen LogP contribution in [-0.2, 0) is 0 Å². The van der Waals surface area contributed by atoms with Crippen LogP contribution in [-0.4, -0.2) is 27.5 Å². The van der Waals surface area contributed by atoms with Gasteiger partial charge in [-0.2, -0.15) is 16.7 Å². The maximum atomic E-state index is 5.64. The molecule has 16 heavy (non-hydrogen) atoms. The quantitative estimate of drug-likeness (QED) is 0.840. The van der Waals surface area contributed by atoms with Gasteiger partial charge in [0.1, 0.15) is 10.4 Å². The van der Waals surface area contributed by atoms with Gasteiger partial charge < -0.3 is 11.1 Å². The van der Waals surface area contributed by atoms with Gasteiger partial charge >= 0.3 is 0 Å². The fraction of sp³-hybridized carbons (Fsp3) is 0.600. The number of nitrogens with one attached hydrogen (secondary N) is 1. The van der Waals surface area contributed by atoms with Crippen LogP contribution in [0.25, 0.3) is 0 Å². The summed E-state index contributed by atoms with van der Waals surface area (Å²) in [5.41, 5.74) is 5.64. The van der Waals surface area contributed by atoms with Crippen molar-refractivity contribution < 1.29 is 0 Å². The van der Waals surface area contributed by atoms with Crippen LogP contribution >= 0.6 is 27.7 Å². The van der Waals surface area contributed by atoms with Crippen molar-refractivity contribution in [2.75, 3.05) is 23.3 Å². The summed E-state index contributed by atoms with van der Waals surface area (Å²) in [5, 5.41) is 3.92. The van der Waals surface area contributed by atoms with Crippen LogP contribution in [0.4, 0.5) is 11.8 Å². The summed E-state index contributed by atoms with van der Waals surface area (Å²) in [4.78, 5) is 8.36. The van der Waals surface area contributed by atoms with E-state index in [0.29, 0.717) is 17.0 Å². The first-order valence-electron chi connectivity index (χ1n) is 5.39. The maximum absolute atomic E-state index is 5.64. The summed E-state index contributed by atoms with van der Waals surface area (Å²) in [6, 6.07) is 1.69. The zero-order valence-electron chi connectivity index (χ0n) is 8.95. The average Bonchev–Trinajstić information content (AvgIpc) is 2.27. The number of rotatable bonds is 3. The summed E-state index contributed by atoms with van der Waals surface area (Å²) in [5.74, 6) is 2.37. The van der Waals surface area contributed by atoms with Gasteiger partial charge in [0.15, 0.2) is 0 Å². The minimum atomic E-state index is 0.487. The number of hydrogen-bond acceptors (Lipinski definition) is 5. The molecule has 0 amide bonds. The van der Waals surface area contributed by atoms with E-state index in [0.717, 1.165) is 11.1 Å². The Bertz CT molecular complexity index is 334. The van der Waals surface area contributed by atoms with Crippen molar-refractivity contribution in [3.05, 3.63) is 10.7 Å². The normalized spacial score (nSPS) is 20.7. The molecule has 88 valence electrons. The molecule has 1 saturated heterocycles. The van der Waals surface area contributed by atoms with E-state index >= 15 is 0 Å². The lowest BCUT2D eigenvalue weighted by Crippen LogP contribution is -2.21. The predicted octanol–water partition coefficient (Wildman–Crippen LogP) is 2.52. The molecule has 2 rings (SSSR count). The van der Waals surface area contributed by atoms with Gasteiger partial charge in [-0.25, -0.2) is 4.98 Å². The lowest BCUT2D eigenvalue weighted by atomic mass is 10.2.